The van der Waals surface area contributed by atoms with Gasteiger partial charge >= 0.3 is 0 Å². The Bertz CT molecular complexity index is 532. The van der Waals surface area contributed by atoms with Crippen LogP contribution in [0, 0.1) is 0 Å². The van der Waals surface area contributed by atoms with Crippen LogP contribution in [0.1, 0.15) is 0 Å². The SMILES string of the molecule is Cl.c1ccc(-c2nnc(SCCN3CCOCC3)o2)cc1. The lowest BCUT2D eigenvalue weighted by Gasteiger charge is -2.25. The molecule has 0 radical (unpaired) electrons. The molecule has 1 aliphatic rings. The van der Waals surface area contributed by atoms with Gasteiger partial charge in [-0.15, -0.1) is 22.6 Å². The molecule has 1 saturated heterocycles. The van der Waals surface area contributed by atoms with Crippen LogP contribution in [-0.4, -0.2) is 53.7 Å². The third-order valence-corrected chi connectivity index (χ3v) is 3.96. The molecule has 0 unspecified atom stereocenters. The molecule has 0 saturated carbocycles. The average molecular weight is 328 g/mol. The number of ether oxygens (including phenoxy) is 1. The summed E-state index contributed by atoms with van der Waals surface area (Å²) in [5.41, 5.74) is 0.958. The van der Waals surface area contributed by atoms with Crippen molar-refractivity contribution in [2.75, 3.05) is 38.6 Å². The van der Waals surface area contributed by atoms with E-state index in [1.165, 1.54) is 0 Å². The van der Waals surface area contributed by atoms with E-state index in [-0.39, 0.29) is 12.4 Å². The Kier molecular flexibility index (Phi) is 6.50. The summed E-state index contributed by atoms with van der Waals surface area (Å²) in [4.78, 5) is 2.39. The molecule has 0 N–H and O–H groups in total. The van der Waals surface area contributed by atoms with Gasteiger partial charge in [0.15, 0.2) is 0 Å². The summed E-state index contributed by atoms with van der Waals surface area (Å²) in [6, 6.07) is 9.83. The van der Waals surface area contributed by atoms with Crippen molar-refractivity contribution in [3.63, 3.8) is 0 Å². The first-order chi connectivity index (χ1) is 9.92. The second-order valence-corrected chi connectivity index (χ2v) is 5.59. The summed E-state index contributed by atoms with van der Waals surface area (Å²) in [5, 5.41) is 8.80. The third-order valence-electron chi connectivity index (χ3n) is 3.16. The number of aromatic nitrogens is 2. The molecule has 1 aromatic heterocycles. The minimum absolute atomic E-state index is 0. The van der Waals surface area contributed by atoms with Crippen molar-refractivity contribution in [2.45, 2.75) is 5.22 Å². The highest BCUT2D eigenvalue weighted by Crippen LogP contribution is 2.22. The Labute approximate surface area is 134 Å². The molecule has 0 spiro atoms. The molecule has 2 heterocycles. The Hall–Kier alpha value is -1.08. The molecular formula is C14H18ClN3O2S. The van der Waals surface area contributed by atoms with Crippen molar-refractivity contribution in [3.8, 4) is 11.5 Å². The zero-order chi connectivity index (χ0) is 13.6. The zero-order valence-electron chi connectivity index (χ0n) is 11.6. The molecule has 5 nitrogen and oxygen atoms in total. The standard InChI is InChI=1S/C14H17N3O2S.ClH/c1-2-4-12(5-3-1)13-15-16-14(19-13)20-11-8-17-6-9-18-10-7-17;/h1-5H,6-11H2;1H. The first-order valence-electron chi connectivity index (χ1n) is 6.73. The van der Waals surface area contributed by atoms with Crippen LogP contribution in [0.25, 0.3) is 11.5 Å². The number of morpholine rings is 1. The molecule has 0 aliphatic carbocycles. The van der Waals surface area contributed by atoms with Gasteiger partial charge in [-0.1, -0.05) is 30.0 Å². The second-order valence-electron chi connectivity index (χ2n) is 4.54. The maximum atomic E-state index is 5.66. The fraction of sp³-hybridized carbons (Fsp3) is 0.429. The van der Waals surface area contributed by atoms with E-state index in [9.17, 15) is 0 Å². The van der Waals surface area contributed by atoms with Crippen molar-refractivity contribution in [1.82, 2.24) is 15.1 Å². The lowest BCUT2D eigenvalue weighted by Crippen LogP contribution is -2.37. The number of halogens is 1. The monoisotopic (exact) mass is 327 g/mol. The van der Waals surface area contributed by atoms with Gasteiger partial charge < -0.3 is 9.15 Å². The van der Waals surface area contributed by atoms with E-state index >= 15 is 0 Å². The van der Waals surface area contributed by atoms with Gasteiger partial charge in [0, 0.05) is 31.0 Å². The zero-order valence-corrected chi connectivity index (χ0v) is 13.2. The Morgan fingerprint density at radius 1 is 1.10 bits per heavy atom. The van der Waals surface area contributed by atoms with Gasteiger partial charge in [0.05, 0.1) is 13.2 Å². The van der Waals surface area contributed by atoms with Crippen LogP contribution < -0.4 is 0 Å². The topological polar surface area (TPSA) is 51.4 Å². The van der Waals surface area contributed by atoms with Gasteiger partial charge in [-0.2, -0.15) is 0 Å². The van der Waals surface area contributed by atoms with E-state index in [4.69, 9.17) is 9.15 Å². The third kappa shape index (κ3) is 4.71. The van der Waals surface area contributed by atoms with E-state index in [0.29, 0.717) is 11.1 Å². The minimum Gasteiger partial charge on any atom is -0.411 e. The summed E-state index contributed by atoms with van der Waals surface area (Å²) in [6.07, 6.45) is 0. The normalized spacial score (nSPS) is 15.6. The molecular weight excluding hydrogens is 310 g/mol. The molecule has 21 heavy (non-hydrogen) atoms. The lowest BCUT2D eigenvalue weighted by molar-refractivity contribution is 0.0410. The van der Waals surface area contributed by atoms with Gasteiger partial charge in [0.25, 0.3) is 5.22 Å². The van der Waals surface area contributed by atoms with Crippen LogP contribution in [0.2, 0.25) is 0 Å². The summed E-state index contributed by atoms with van der Waals surface area (Å²) in [7, 11) is 0. The average Bonchev–Trinajstić information content (AvgIpc) is 2.98. The molecule has 0 amide bonds. The maximum Gasteiger partial charge on any atom is 0.276 e. The van der Waals surface area contributed by atoms with Crippen LogP contribution in [0.4, 0.5) is 0 Å². The number of thioether (sulfide) groups is 1. The van der Waals surface area contributed by atoms with Crippen molar-refractivity contribution in [1.29, 1.82) is 0 Å². The molecule has 0 bridgehead atoms. The van der Waals surface area contributed by atoms with E-state index in [1.54, 1.807) is 11.8 Å². The van der Waals surface area contributed by atoms with E-state index in [0.717, 1.165) is 44.2 Å². The number of hydrogen-bond donors (Lipinski definition) is 0. The second kappa shape index (κ2) is 8.38. The highest BCUT2D eigenvalue weighted by molar-refractivity contribution is 7.99. The Balaban J connectivity index is 0.00000161. The van der Waals surface area contributed by atoms with Crippen LogP contribution in [0.15, 0.2) is 40.0 Å². The molecule has 3 rings (SSSR count). The van der Waals surface area contributed by atoms with Crippen LogP contribution >= 0.6 is 24.2 Å². The molecule has 114 valence electrons. The van der Waals surface area contributed by atoms with Crippen LogP contribution in [0.3, 0.4) is 0 Å². The first kappa shape index (κ1) is 16.3. The van der Waals surface area contributed by atoms with E-state index < -0.39 is 0 Å². The lowest BCUT2D eigenvalue weighted by atomic mass is 10.2. The number of hydrogen-bond acceptors (Lipinski definition) is 6. The summed E-state index contributed by atoms with van der Waals surface area (Å²) < 4.78 is 11.0. The predicted octanol–water partition coefficient (Wildman–Crippen LogP) is 2.58. The highest BCUT2D eigenvalue weighted by atomic mass is 35.5. The first-order valence-corrected chi connectivity index (χ1v) is 7.72. The van der Waals surface area contributed by atoms with Crippen molar-refractivity contribution in [2.24, 2.45) is 0 Å². The molecule has 1 aliphatic heterocycles. The molecule has 0 atom stereocenters. The largest absolute Gasteiger partial charge is 0.411 e. The predicted molar refractivity (Wildman–Crippen MR) is 85.0 cm³/mol. The number of nitrogens with zero attached hydrogens (tertiary/aromatic N) is 3. The number of rotatable bonds is 5. The van der Waals surface area contributed by atoms with Crippen molar-refractivity contribution < 1.29 is 9.15 Å². The van der Waals surface area contributed by atoms with Gasteiger partial charge in [0.1, 0.15) is 0 Å². The Morgan fingerprint density at radius 3 is 2.62 bits per heavy atom. The van der Waals surface area contributed by atoms with Crippen molar-refractivity contribution >= 4 is 24.2 Å². The highest BCUT2D eigenvalue weighted by Gasteiger charge is 2.12. The Morgan fingerprint density at radius 2 is 1.86 bits per heavy atom. The molecule has 2 aromatic rings. The van der Waals surface area contributed by atoms with E-state index in [2.05, 4.69) is 15.1 Å². The summed E-state index contributed by atoms with van der Waals surface area (Å²) in [6.45, 7) is 4.73. The smallest absolute Gasteiger partial charge is 0.276 e. The van der Waals surface area contributed by atoms with Crippen molar-refractivity contribution in [3.05, 3.63) is 30.3 Å². The van der Waals surface area contributed by atoms with Crippen LogP contribution in [0.5, 0.6) is 0 Å². The fourth-order valence-electron chi connectivity index (χ4n) is 2.05. The maximum absolute atomic E-state index is 5.66. The van der Waals surface area contributed by atoms with Gasteiger partial charge in [-0.3, -0.25) is 4.90 Å². The quantitative estimate of drug-likeness (QED) is 0.787. The van der Waals surface area contributed by atoms with Gasteiger partial charge in [-0.25, -0.2) is 0 Å². The summed E-state index contributed by atoms with van der Waals surface area (Å²) >= 11 is 1.61. The van der Waals surface area contributed by atoms with Gasteiger partial charge in [0.2, 0.25) is 5.89 Å². The van der Waals surface area contributed by atoms with E-state index in [1.807, 2.05) is 30.3 Å². The van der Waals surface area contributed by atoms with Gasteiger partial charge in [-0.05, 0) is 12.1 Å². The number of benzene rings is 1. The fourth-order valence-corrected chi connectivity index (χ4v) is 2.81. The van der Waals surface area contributed by atoms with Crippen LogP contribution in [-0.2, 0) is 4.74 Å². The molecule has 7 heteroatoms. The molecule has 1 fully saturated rings. The molecule has 1 aromatic carbocycles. The minimum atomic E-state index is 0. The summed E-state index contributed by atoms with van der Waals surface area (Å²) in [5.74, 6) is 1.54.